The van der Waals surface area contributed by atoms with Gasteiger partial charge in [0.15, 0.2) is 0 Å². The summed E-state index contributed by atoms with van der Waals surface area (Å²) in [5.74, 6) is 0.588. The number of ether oxygens (including phenoxy) is 1. The molecule has 112 valence electrons. The predicted octanol–water partition coefficient (Wildman–Crippen LogP) is 2.80. The molecule has 0 heterocycles. The molecule has 1 aromatic carbocycles. The minimum Gasteiger partial charge on any atom is -0.494 e. The fraction of sp³-hybridized carbons (Fsp3) is 0.562. The summed E-state index contributed by atoms with van der Waals surface area (Å²) in [4.78, 5) is 10.9. The predicted molar refractivity (Wildman–Crippen MR) is 80.1 cm³/mol. The van der Waals surface area contributed by atoms with Crippen LogP contribution in [0.15, 0.2) is 24.3 Å². The Kier molecular flexibility index (Phi) is 6.02. The second kappa shape index (κ2) is 7.29. The van der Waals surface area contributed by atoms with Crippen molar-refractivity contribution < 1.29 is 14.6 Å². The van der Waals surface area contributed by atoms with E-state index in [2.05, 4.69) is 13.8 Å². The molecular formula is C16H25NO3. The molecule has 4 heteroatoms. The van der Waals surface area contributed by atoms with E-state index in [4.69, 9.17) is 15.6 Å². The molecule has 0 radical (unpaired) electrons. The van der Waals surface area contributed by atoms with Gasteiger partial charge in [0.05, 0.1) is 13.0 Å². The molecule has 4 nitrogen and oxygen atoms in total. The summed E-state index contributed by atoms with van der Waals surface area (Å²) in [5, 5.41) is 8.98. The molecule has 1 atom stereocenters. The molecule has 0 aromatic heterocycles. The largest absolute Gasteiger partial charge is 0.494 e. The topological polar surface area (TPSA) is 72.5 Å². The molecule has 0 amide bonds. The maximum atomic E-state index is 10.9. The van der Waals surface area contributed by atoms with Gasteiger partial charge in [-0.05, 0) is 30.0 Å². The van der Waals surface area contributed by atoms with Gasteiger partial charge in [0, 0.05) is 12.0 Å². The number of aliphatic carboxylic acids is 1. The Labute approximate surface area is 120 Å². The fourth-order valence-electron chi connectivity index (χ4n) is 1.99. The zero-order valence-electron chi connectivity index (χ0n) is 12.6. The lowest BCUT2D eigenvalue weighted by molar-refractivity contribution is -0.138. The third-order valence-corrected chi connectivity index (χ3v) is 3.51. The van der Waals surface area contributed by atoms with Crippen molar-refractivity contribution in [3.05, 3.63) is 29.8 Å². The number of benzene rings is 1. The van der Waals surface area contributed by atoms with Gasteiger partial charge in [0.25, 0.3) is 0 Å². The summed E-state index contributed by atoms with van der Waals surface area (Å²) < 4.78 is 5.65. The molecule has 0 fully saturated rings. The average molecular weight is 279 g/mol. The summed E-state index contributed by atoms with van der Waals surface area (Å²) in [6.07, 6.45) is 1.04. The van der Waals surface area contributed by atoms with Crippen molar-refractivity contribution in [3.8, 4) is 5.75 Å². The lowest BCUT2D eigenvalue weighted by Gasteiger charge is -2.26. The van der Waals surface area contributed by atoms with Crippen LogP contribution in [0.4, 0.5) is 0 Å². The Hall–Kier alpha value is -1.55. The standard InChI is InChI=1S/C16H25NO3/c1-12(2)8-9-20-14-6-4-13(5-7-14)16(3,11-17)10-15(18)19/h4-7,12H,8-11,17H2,1-3H3,(H,18,19). The van der Waals surface area contributed by atoms with Crippen molar-refractivity contribution in [2.45, 2.75) is 39.0 Å². The van der Waals surface area contributed by atoms with E-state index < -0.39 is 11.4 Å². The number of rotatable bonds is 8. The summed E-state index contributed by atoms with van der Waals surface area (Å²) in [5.41, 5.74) is 6.13. The van der Waals surface area contributed by atoms with Crippen molar-refractivity contribution in [2.75, 3.05) is 13.2 Å². The van der Waals surface area contributed by atoms with Crippen molar-refractivity contribution in [2.24, 2.45) is 11.7 Å². The number of carboxylic acid groups (broad SMARTS) is 1. The lowest BCUT2D eigenvalue weighted by atomic mass is 9.79. The molecule has 0 bridgehead atoms. The van der Waals surface area contributed by atoms with Crippen molar-refractivity contribution in [1.29, 1.82) is 0 Å². The molecule has 0 aliphatic carbocycles. The number of nitrogens with two attached hydrogens (primary N) is 1. The van der Waals surface area contributed by atoms with E-state index in [0.29, 0.717) is 19.1 Å². The number of hydrogen-bond donors (Lipinski definition) is 2. The summed E-state index contributed by atoms with van der Waals surface area (Å²) in [6.45, 7) is 7.18. The molecule has 1 aromatic rings. The van der Waals surface area contributed by atoms with Crippen LogP contribution >= 0.6 is 0 Å². The van der Waals surface area contributed by atoms with Crippen LogP contribution in [0.2, 0.25) is 0 Å². The first kappa shape index (κ1) is 16.5. The van der Waals surface area contributed by atoms with E-state index in [9.17, 15) is 4.79 Å². The Balaban J connectivity index is 2.71. The van der Waals surface area contributed by atoms with Gasteiger partial charge in [-0.3, -0.25) is 4.79 Å². The monoisotopic (exact) mass is 279 g/mol. The molecule has 1 unspecified atom stereocenters. The van der Waals surface area contributed by atoms with Crippen LogP contribution in [0.5, 0.6) is 5.75 Å². The maximum Gasteiger partial charge on any atom is 0.304 e. The maximum absolute atomic E-state index is 10.9. The van der Waals surface area contributed by atoms with Crippen LogP contribution in [-0.4, -0.2) is 24.2 Å². The van der Waals surface area contributed by atoms with Gasteiger partial charge in [0.1, 0.15) is 5.75 Å². The quantitative estimate of drug-likeness (QED) is 0.767. The van der Waals surface area contributed by atoms with Gasteiger partial charge >= 0.3 is 5.97 Å². The number of carboxylic acids is 1. The molecule has 0 aliphatic heterocycles. The first-order chi connectivity index (χ1) is 9.37. The van der Waals surface area contributed by atoms with Crippen LogP contribution < -0.4 is 10.5 Å². The SMILES string of the molecule is CC(C)CCOc1ccc(C(C)(CN)CC(=O)O)cc1. The highest BCUT2D eigenvalue weighted by molar-refractivity contribution is 5.69. The van der Waals surface area contributed by atoms with Crippen LogP contribution in [0.25, 0.3) is 0 Å². The molecule has 0 saturated heterocycles. The number of hydrogen-bond acceptors (Lipinski definition) is 3. The molecule has 0 saturated carbocycles. The van der Waals surface area contributed by atoms with Crippen molar-refractivity contribution >= 4 is 5.97 Å². The lowest BCUT2D eigenvalue weighted by Crippen LogP contribution is -2.34. The minimum atomic E-state index is -0.838. The molecule has 3 N–H and O–H groups in total. The fourth-order valence-corrected chi connectivity index (χ4v) is 1.99. The van der Waals surface area contributed by atoms with E-state index >= 15 is 0 Å². The molecule has 0 aliphatic rings. The van der Waals surface area contributed by atoms with E-state index in [1.54, 1.807) is 0 Å². The Bertz CT molecular complexity index is 428. The zero-order chi connectivity index (χ0) is 15.2. The van der Waals surface area contributed by atoms with Crippen LogP contribution in [0.1, 0.15) is 39.2 Å². The average Bonchev–Trinajstić information content (AvgIpc) is 2.38. The Morgan fingerprint density at radius 3 is 2.40 bits per heavy atom. The summed E-state index contributed by atoms with van der Waals surface area (Å²) in [6, 6.07) is 7.57. The molecule has 20 heavy (non-hydrogen) atoms. The smallest absolute Gasteiger partial charge is 0.304 e. The zero-order valence-corrected chi connectivity index (χ0v) is 12.6. The number of carbonyl (C=O) groups is 1. The van der Waals surface area contributed by atoms with Gasteiger partial charge in [-0.1, -0.05) is 32.9 Å². The van der Waals surface area contributed by atoms with Crippen LogP contribution in [0, 0.1) is 5.92 Å². The van der Waals surface area contributed by atoms with Crippen LogP contribution in [0.3, 0.4) is 0 Å². The van der Waals surface area contributed by atoms with Crippen LogP contribution in [-0.2, 0) is 10.2 Å². The van der Waals surface area contributed by atoms with Gasteiger partial charge < -0.3 is 15.6 Å². The second-order valence-electron chi connectivity index (χ2n) is 5.89. The first-order valence-corrected chi connectivity index (χ1v) is 7.02. The molecule has 1 rings (SSSR count). The Morgan fingerprint density at radius 2 is 1.95 bits per heavy atom. The van der Waals surface area contributed by atoms with E-state index in [0.717, 1.165) is 17.7 Å². The Morgan fingerprint density at radius 1 is 1.35 bits per heavy atom. The van der Waals surface area contributed by atoms with Crippen molar-refractivity contribution in [3.63, 3.8) is 0 Å². The molecular weight excluding hydrogens is 254 g/mol. The normalized spacial score (nSPS) is 14.1. The van der Waals surface area contributed by atoms with E-state index in [1.165, 1.54) is 0 Å². The second-order valence-corrected chi connectivity index (χ2v) is 5.89. The highest BCUT2D eigenvalue weighted by Crippen LogP contribution is 2.28. The highest BCUT2D eigenvalue weighted by atomic mass is 16.5. The summed E-state index contributed by atoms with van der Waals surface area (Å²) in [7, 11) is 0. The minimum absolute atomic E-state index is 0.0249. The van der Waals surface area contributed by atoms with Gasteiger partial charge in [-0.25, -0.2) is 0 Å². The van der Waals surface area contributed by atoms with E-state index in [1.807, 2.05) is 31.2 Å². The summed E-state index contributed by atoms with van der Waals surface area (Å²) >= 11 is 0. The van der Waals surface area contributed by atoms with Gasteiger partial charge in [-0.15, -0.1) is 0 Å². The third-order valence-electron chi connectivity index (χ3n) is 3.51. The first-order valence-electron chi connectivity index (χ1n) is 7.02. The third kappa shape index (κ3) is 4.85. The van der Waals surface area contributed by atoms with E-state index in [-0.39, 0.29) is 6.42 Å². The van der Waals surface area contributed by atoms with Gasteiger partial charge in [-0.2, -0.15) is 0 Å². The van der Waals surface area contributed by atoms with Gasteiger partial charge in [0.2, 0.25) is 0 Å². The molecule has 0 spiro atoms. The highest BCUT2D eigenvalue weighted by Gasteiger charge is 2.28. The van der Waals surface area contributed by atoms with Crippen molar-refractivity contribution in [1.82, 2.24) is 0 Å².